The van der Waals surface area contributed by atoms with Gasteiger partial charge in [0.25, 0.3) is 0 Å². The van der Waals surface area contributed by atoms with E-state index in [9.17, 15) is 5.11 Å². The molecule has 2 bridgehead atoms. The maximum absolute atomic E-state index is 11.1. The summed E-state index contributed by atoms with van der Waals surface area (Å²) in [6.45, 7) is 22.4. The Morgan fingerprint density at radius 3 is 1.72 bits per heavy atom. The molecule has 2 aliphatic rings. The Morgan fingerprint density at radius 2 is 1.28 bits per heavy atom. The zero-order valence-electron chi connectivity index (χ0n) is 17.7. The van der Waals surface area contributed by atoms with Gasteiger partial charge in [0.1, 0.15) is 24.4 Å². The molecule has 0 aliphatic carbocycles. The van der Waals surface area contributed by atoms with Gasteiger partial charge in [-0.25, -0.2) is 0 Å². The fourth-order valence-electron chi connectivity index (χ4n) is 2.66. The average molecular weight is 391 g/mol. The molecule has 0 unspecified atom stereocenters. The molecule has 5 nitrogen and oxygen atoms in total. The zero-order chi connectivity index (χ0) is 19.4. The molecule has 0 spiro atoms. The van der Waals surface area contributed by atoms with E-state index in [2.05, 4.69) is 67.7 Å². The van der Waals surface area contributed by atoms with Gasteiger partial charge in [0.05, 0.1) is 6.61 Å². The van der Waals surface area contributed by atoms with Crippen molar-refractivity contribution in [3.63, 3.8) is 0 Å². The molecule has 1 N–H and O–H groups in total. The Morgan fingerprint density at radius 1 is 0.840 bits per heavy atom. The second-order valence-electron chi connectivity index (χ2n) is 10.6. The number of aliphatic hydroxyl groups excluding tert-OH is 1. The third kappa shape index (κ3) is 4.23. The molecule has 0 radical (unpaired) electrons. The smallest absolute Gasteiger partial charge is 0.192 e. The van der Waals surface area contributed by atoms with Crippen molar-refractivity contribution in [1.29, 1.82) is 0 Å². The van der Waals surface area contributed by atoms with Crippen LogP contribution in [-0.4, -0.2) is 59.1 Å². The maximum Gasteiger partial charge on any atom is 0.192 e. The molecule has 2 saturated heterocycles. The van der Waals surface area contributed by atoms with Crippen molar-refractivity contribution < 1.29 is 23.4 Å². The fourth-order valence-corrected chi connectivity index (χ4v) is 5.27. The molecular weight excluding hydrogens is 352 g/mol. The van der Waals surface area contributed by atoms with E-state index in [0.29, 0.717) is 6.61 Å². The molecule has 0 aromatic rings. The minimum absolute atomic E-state index is 0.0535. The quantitative estimate of drug-likeness (QED) is 0.738. The van der Waals surface area contributed by atoms with E-state index in [1.807, 2.05) is 0 Å². The lowest BCUT2D eigenvalue weighted by Crippen LogP contribution is -2.62. The molecule has 0 aromatic carbocycles. The highest BCUT2D eigenvalue weighted by Gasteiger charge is 2.56. The van der Waals surface area contributed by atoms with Crippen molar-refractivity contribution in [2.24, 2.45) is 0 Å². The van der Waals surface area contributed by atoms with Crippen LogP contribution >= 0.6 is 0 Å². The summed E-state index contributed by atoms with van der Waals surface area (Å²) in [5.74, 6) is 0. The minimum Gasteiger partial charge on any atom is -0.408 e. The van der Waals surface area contributed by atoms with Crippen LogP contribution in [0.2, 0.25) is 36.3 Å². The molecule has 2 aliphatic heterocycles. The Bertz CT molecular complexity index is 439. The molecule has 7 heteroatoms. The van der Waals surface area contributed by atoms with Crippen LogP contribution in [0.25, 0.3) is 0 Å². The third-order valence-corrected chi connectivity index (χ3v) is 15.5. The third-order valence-electron chi connectivity index (χ3n) is 6.52. The van der Waals surface area contributed by atoms with Crippen LogP contribution in [0, 0.1) is 0 Å². The number of hydrogen-bond donors (Lipinski definition) is 1. The van der Waals surface area contributed by atoms with Gasteiger partial charge in [0.2, 0.25) is 0 Å². The van der Waals surface area contributed by atoms with Crippen LogP contribution in [0.3, 0.4) is 0 Å². The molecule has 0 amide bonds. The molecule has 2 heterocycles. The summed E-state index contributed by atoms with van der Waals surface area (Å²) in [6, 6.07) is 0. The van der Waals surface area contributed by atoms with Gasteiger partial charge in [-0.2, -0.15) is 0 Å². The van der Waals surface area contributed by atoms with Crippen molar-refractivity contribution in [1.82, 2.24) is 0 Å². The second kappa shape index (κ2) is 6.69. The molecule has 5 atom stereocenters. The normalized spacial score (nSPS) is 34.4. The monoisotopic (exact) mass is 390 g/mol. The molecular formula is C18H38O5Si2. The predicted octanol–water partition coefficient (Wildman–Crippen LogP) is 3.88. The first-order valence-electron chi connectivity index (χ1n) is 9.38. The summed E-state index contributed by atoms with van der Waals surface area (Å²) in [5, 5.41) is 11.2. The van der Waals surface area contributed by atoms with Crippen LogP contribution in [0.5, 0.6) is 0 Å². The van der Waals surface area contributed by atoms with E-state index >= 15 is 0 Å². The average Bonchev–Trinajstić information content (AvgIpc) is 2.83. The van der Waals surface area contributed by atoms with E-state index in [-0.39, 0.29) is 16.2 Å². The van der Waals surface area contributed by atoms with Crippen molar-refractivity contribution in [3.8, 4) is 0 Å². The predicted molar refractivity (Wildman–Crippen MR) is 105 cm³/mol. The van der Waals surface area contributed by atoms with Crippen molar-refractivity contribution in [2.75, 3.05) is 6.61 Å². The Labute approximate surface area is 155 Å². The van der Waals surface area contributed by atoms with Gasteiger partial charge >= 0.3 is 0 Å². The fraction of sp³-hybridized carbons (Fsp3) is 1.00. The molecule has 148 valence electrons. The second-order valence-corrected chi connectivity index (χ2v) is 20.1. The van der Waals surface area contributed by atoms with Crippen LogP contribution in [0.1, 0.15) is 41.5 Å². The minimum atomic E-state index is -2.06. The van der Waals surface area contributed by atoms with E-state index in [1.54, 1.807) is 0 Å². The molecule has 0 saturated carbocycles. The van der Waals surface area contributed by atoms with Gasteiger partial charge in [-0.05, 0) is 36.3 Å². The highest BCUT2D eigenvalue weighted by molar-refractivity contribution is 6.74. The first kappa shape index (κ1) is 21.5. The summed E-state index contributed by atoms with van der Waals surface area (Å²) in [4.78, 5) is 0. The highest BCUT2D eigenvalue weighted by atomic mass is 28.4. The first-order chi connectivity index (χ1) is 11.1. The summed E-state index contributed by atoms with van der Waals surface area (Å²) in [5.41, 5.74) is 0. The number of rotatable bonds is 4. The zero-order valence-corrected chi connectivity index (χ0v) is 19.7. The van der Waals surface area contributed by atoms with Gasteiger partial charge in [-0.1, -0.05) is 41.5 Å². The SMILES string of the molecule is CC(C)(C)[Si](C)(C)O[C@H]1[C@@H]2OC[C@@H](O2)[C@@H](O[Si](C)(C)C(C)(C)C)[C@@H]1O. The number of aliphatic hydroxyl groups is 1. The van der Waals surface area contributed by atoms with Gasteiger partial charge in [0.15, 0.2) is 22.9 Å². The van der Waals surface area contributed by atoms with Crippen LogP contribution in [0.15, 0.2) is 0 Å². The summed E-state index contributed by atoms with van der Waals surface area (Å²) in [6.07, 6.45) is -2.32. The largest absolute Gasteiger partial charge is 0.408 e. The molecule has 0 aromatic heterocycles. The van der Waals surface area contributed by atoms with Gasteiger partial charge in [-0.15, -0.1) is 0 Å². The lowest BCUT2D eigenvalue weighted by molar-refractivity contribution is -0.220. The van der Waals surface area contributed by atoms with Crippen molar-refractivity contribution in [3.05, 3.63) is 0 Å². The van der Waals surface area contributed by atoms with E-state index < -0.39 is 41.2 Å². The molecule has 2 fully saturated rings. The van der Waals surface area contributed by atoms with E-state index in [4.69, 9.17) is 18.3 Å². The lowest BCUT2D eigenvalue weighted by atomic mass is 10.0. The summed E-state index contributed by atoms with van der Waals surface area (Å²) in [7, 11) is -4.10. The standard InChI is InChI=1S/C18H38O5Si2/c1-17(2,3)24(7,8)22-14-12-11-20-16(21-12)15(13(14)19)23-25(9,10)18(4,5)6/h12-16,19H,11H2,1-10H3/t12-,13+,14-,15-,16-/m1/s1. The van der Waals surface area contributed by atoms with Gasteiger partial charge in [-0.3, -0.25) is 0 Å². The summed E-state index contributed by atoms with van der Waals surface area (Å²) < 4.78 is 24.8. The number of fused-ring (bicyclic) bond motifs is 2. The topological polar surface area (TPSA) is 57.2 Å². The maximum atomic E-state index is 11.1. The molecule has 2 rings (SSSR count). The highest BCUT2D eigenvalue weighted by Crippen LogP contribution is 2.43. The van der Waals surface area contributed by atoms with Crippen LogP contribution in [-0.2, 0) is 18.3 Å². The number of ether oxygens (including phenoxy) is 2. The van der Waals surface area contributed by atoms with E-state index in [0.717, 1.165) is 0 Å². The van der Waals surface area contributed by atoms with Gasteiger partial charge in [0, 0.05) is 0 Å². The Kier molecular flexibility index (Phi) is 5.76. The van der Waals surface area contributed by atoms with E-state index in [1.165, 1.54) is 0 Å². The summed E-state index contributed by atoms with van der Waals surface area (Å²) >= 11 is 0. The Hall–Kier alpha value is 0.234. The molecule has 25 heavy (non-hydrogen) atoms. The van der Waals surface area contributed by atoms with Crippen LogP contribution < -0.4 is 0 Å². The van der Waals surface area contributed by atoms with Crippen molar-refractivity contribution >= 4 is 16.6 Å². The number of hydrogen-bond acceptors (Lipinski definition) is 5. The Balaban J connectivity index is 2.21. The lowest BCUT2D eigenvalue weighted by Gasteiger charge is -2.47. The van der Waals surface area contributed by atoms with Crippen LogP contribution in [0.4, 0.5) is 0 Å². The van der Waals surface area contributed by atoms with Crippen molar-refractivity contribution in [2.45, 2.75) is 109 Å². The first-order valence-corrected chi connectivity index (χ1v) is 15.2. The van der Waals surface area contributed by atoms with Gasteiger partial charge < -0.3 is 23.4 Å².